The third kappa shape index (κ3) is 3.28. The van der Waals surface area contributed by atoms with E-state index in [-0.39, 0.29) is 11.7 Å². The molecule has 4 aromatic rings. The highest BCUT2D eigenvalue weighted by molar-refractivity contribution is 7.99. The fourth-order valence-electron chi connectivity index (χ4n) is 2.44. The van der Waals surface area contributed by atoms with Gasteiger partial charge in [0.15, 0.2) is 0 Å². The smallest absolute Gasteiger partial charge is 0.234 e. The molecule has 0 bridgehead atoms. The Labute approximate surface area is 157 Å². The summed E-state index contributed by atoms with van der Waals surface area (Å²) in [7, 11) is 0. The van der Waals surface area contributed by atoms with Crippen LogP contribution >= 0.6 is 23.5 Å². The number of carbonyl (C=O) groups is 1. The lowest BCUT2D eigenvalue weighted by atomic mass is 10.2. The minimum atomic E-state index is -0.158. The van der Waals surface area contributed by atoms with Crippen LogP contribution in [0, 0.1) is 6.92 Å². The molecule has 0 radical (unpaired) electrons. The molecule has 26 heavy (non-hydrogen) atoms. The first kappa shape index (κ1) is 16.6. The van der Waals surface area contributed by atoms with E-state index in [1.54, 1.807) is 4.68 Å². The van der Waals surface area contributed by atoms with E-state index in [0.29, 0.717) is 16.4 Å². The molecule has 0 aliphatic heterocycles. The van der Waals surface area contributed by atoms with Crippen LogP contribution in [0.4, 0.5) is 5.69 Å². The predicted octanol–water partition coefficient (Wildman–Crippen LogP) is 2.71. The van der Waals surface area contributed by atoms with E-state index in [4.69, 9.17) is 0 Å². The molecule has 10 heteroatoms. The number of nitrogens with zero attached hydrogens (tertiary/aromatic N) is 6. The predicted molar refractivity (Wildman–Crippen MR) is 101 cm³/mol. The van der Waals surface area contributed by atoms with Crippen LogP contribution in [0.25, 0.3) is 16.7 Å². The Morgan fingerprint density at radius 3 is 2.96 bits per heavy atom. The first-order valence-corrected chi connectivity index (χ1v) is 9.42. The molecule has 4 rings (SSSR count). The van der Waals surface area contributed by atoms with Crippen LogP contribution in [0.15, 0.2) is 47.6 Å². The number of anilines is 1. The van der Waals surface area contributed by atoms with Gasteiger partial charge in [-0.15, -0.1) is 5.10 Å². The molecule has 1 N–H and O–H groups in total. The number of para-hydroxylation sites is 1. The van der Waals surface area contributed by atoms with E-state index in [9.17, 15) is 4.79 Å². The first-order valence-electron chi connectivity index (χ1n) is 7.71. The second-order valence-corrected chi connectivity index (χ2v) is 6.91. The van der Waals surface area contributed by atoms with Crippen LogP contribution in [-0.4, -0.2) is 40.6 Å². The lowest BCUT2D eigenvalue weighted by Gasteiger charge is -2.07. The van der Waals surface area contributed by atoms with Crippen molar-refractivity contribution in [2.45, 2.75) is 12.1 Å². The van der Waals surface area contributed by atoms with E-state index >= 15 is 0 Å². The topological polar surface area (TPSA) is 98.5 Å². The van der Waals surface area contributed by atoms with Gasteiger partial charge >= 0.3 is 0 Å². The van der Waals surface area contributed by atoms with Crippen LogP contribution < -0.4 is 5.32 Å². The molecule has 0 atom stereocenters. The maximum Gasteiger partial charge on any atom is 0.234 e. The average molecular weight is 383 g/mol. The Morgan fingerprint density at radius 2 is 2.08 bits per heavy atom. The number of carbonyl (C=O) groups excluding carboxylic acids is 1. The molecular formula is C16H13N7OS2. The van der Waals surface area contributed by atoms with Crippen molar-refractivity contribution in [1.29, 1.82) is 0 Å². The third-order valence-electron chi connectivity index (χ3n) is 3.68. The molecular weight excluding hydrogens is 370 g/mol. The molecule has 1 amide bonds. The van der Waals surface area contributed by atoms with Gasteiger partial charge in [-0.3, -0.25) is 4.79 Å². The minimum Gasteiger partial charge on any atom is -0.323 e. The standard InChI is InChI=1S/C16H13N7OS2/c1-10-5-2-3-8-13(10)23-16(18-21-22-23)25-9-14(24)17-11-6-4-7-12-15(11)20-26-19-12/h2-8H,9H2,1H3,(H,17,24). The second-order valence-electron chi connectivity index (χ2n) is 5.43. The van der Waals surface area contributed by atoms with Gasteiger partial charge in [0, 0.05) is 0 Å². The van der Waals surface area contributed by atoms with Crippen molar-refractivity contribution < 1.29 is 4.79 Å². The SMILES string of the molecule is Cc1ccccc1-n1nnnc1SCC(=O)Nc1cccc2nsnc12. The van der Waals surface area contributed by atoms with E-state index in [0.717, 1.165) is 28.5 Å². The molecule has 2 aromatic carbocycles. The fourth-order valence-corrected chi connectivity index (χ4v) is 3.68. The zero-order valence-electron chi connectivity index (χ0n) is 13.7. The summed E-state index contributed by atoms with van der Waals surface area (Å²) in [6, 6.07) is 13.3. The summed E-state index contributed by atoms with van der Waals surface area (Å²) in [4.78, 5) is 12.3. The first-order chi connectivity index (χ1) is 12.7. The minimum absolute atomic E-state index is 0.158. The van der Waals surface area contributed by atoms with Gasteiger partial charge in [0.25, 0.3) is 0 Å². The average Bonchev–Trinajstić information content (AvgIpc) is 3.30. The van der Waals surface area contributed by atoms with Gasteiger partial charge in [0.2, 0.25) is 11.1 Å². The molecule has 2 aromatic heterocycles. The van der Waals surface area contributed by atoms with Crippen molar-refractivity contribution in [3.63, 3.8) is 0 Å². The number of aryl methyl sites for hydroxylation is 1. The van der Waals surface area contributed by atoms with E-state index in [1.165, 1.54) is 11.8 Å². The third-order valence-corrected chi connectivity index (χ3v) is 5.14. The normalized spacial score (nSPS) is 11.0. The summed E-state index contributed by atoms with van der Waals surface area (Å²) in [5, 5.41) is 15.2. The molecule has 0 unspecified atom stereocenters. The van der Waals surface area contributed by atoms with Crippen LogP contribution in [0.2, 0.25) is 0 Å². The van der Waals surface area contributed by atoms with E-state index in [2.05, 4.69) is 29.6 Å². The molecule has 0 spiro atoms. The molecule has 0 fully saturated rings. The molecule has 130 valence electrons. The molecule has 2 heterocycles. The van der Waals surface area contributed by atoms with Crippen molar-refractivity contribution in [1.82, 2.24) is 29.0 Å². The van der Waals surface area contributed by atoms with Crippen LogP contribution in [0.5, 0.6) is 0 Å². The van der Waals surface area contributed by atoms with Crippen molar-refractivity contribution in [3.8, 4) is 5.69 Å². The zero-order chi connectivity index (χ0) is 17.9. The van der Waals surface area contributed by atoms with Gasteiger partial charge in [0.1, 0.15) is 11.0 Å². The Hall–Kier alpha value is -2.85. The summed E-state index contributed by atoms with van der Waals surface area (Å²) < 4.78 is 10.0. The highest BCUT2D eigenvalue weighted by atomic mass is 32.2. The van der Waals surface area contributed by atoms with Gasteiger partial charge in [-0.1, -0.05) is 36.0 Å². The van der Waals surface area contributed by atoms with Gasteiger partial charge < -0.3 is 5.32 Å². The summed E-state index contributed by atoms with van der Waals surface area (Å²) >= 11 is 2.39. The van der Waals surface area contributed by atoms with Gasteiger partial charge in [-0.05, 0) is 41.1 Å². The zero-order valence-corrected chi connectivity index (χ0v) is 15.3. The Kier molecular flexibility index (Phi) is 4.59. The van der Waals surface area contributed by atoms with Gasteiger partial charge in [-0.2, -0.15) is 13.4 Å². The number of hydrogen-bond donors (Lipinski definition) is 1. The Balaban J connectivity index is 1.47. The summed E-state index contributed by atoms with van der Waals surface area (Å²) in [5.41, 5.74) is 4.05. The van der Waals surface area contributed by atoms with Crippen molar-refractivity contribution >= 4 is 46.1 Å². The van der Waals surface area contributed by atoms with Crippen molar-refractivity contribution in [2.75, 3.05) is 11.1 Å². The number of aromatic nitrogens is 6. The van der Waals surface area contributed by atoms with Crippen LogP contribution in [0.3, 0.4) is 0 Å². The van der Waals surface area contributed by atoms with Gasteiger partial charge in [-0.25, -0.2) is 0 Å². The van der Waals surface area contributed by atoms with E-state index < -0.39 is 0 Å². The monoisotopic (exact) mass is 383 g/mol. The maximum atomic E-state index is 12.3. The molecule has 0 saturated heterocycles. The summed E-state index contributed by atoms with van der Waals surface area (Å²) in [6.07, 6.45) is 0. The van der Waals surface area contributed by atoms with Crippen molar-refractivity contribution in [3.05, 3.63) is 48.0 Å². The molecule has 0 saturated carbocycles. The largest absolute Gasteiger partial charge is 0.323 e. The second kappa shape index (κ2) is 7.18. The number of rotatable bonds is 5. The fraction of sp³-hybridized carbons (Fsp3) is 0.125. The van der Waals surface area contributed by atoms with E-state index in [1.807, 2.05) is 49.4 Å². The van der Waals surface area contributed by atoms with Crippen LogP contribution in [-0.2, 0) is 4.79 Å². The Bertz CT molecular complexity index is 1080. The molecule has 0 aliphatic carbocycles. The number of hydrogen-bond acceptors (Lipinski definition) is 8. The number of nitrogens with one attached hydrogen (secondary N) is 1. The van der Waals surface area contributed by atoms with Crippen LogP contribution in [0.1, 0.15) is 5.56 Å². The number of thioether (sulfide) groups is 1. The van der Waals surface area contributed by atoms with Gasteiger partial charge in [0.05, 0.1) is 28.9 Å². The number of benzene rings is 2. The maximum absolute atomic E-state index is 12.3. The quantitative estimate of drug-likeness (QED) is 0.529. The van der Waals surface area contributed by atoms with Crippen molar-refractivity contribution in [2.24, 2.45) is 0 Å². The number of tetrazole rings is 1. The number of fused-ring (bicyclic) bond motifs is 1. The summed E-state index contributed by atoms with van der Waals surface area (Å²) in [5.74, 6) is 0.0232. The molecule has 0 aliphatic rings. The lowest BCUT2D eigenvalue weighted by molar-refractivity contribution is -0.113. The highest BCUT2D eigenvalue weighted by Crippen LogP contribution is 2.23. The summed E-state index contributed by atoms with van der Waals surface area (Å²) in [6.45, 7) is 1.99. The molecule has 8 nitrogen and oxygen atoms in total. The highest BCUT2D eigenvalue weighted by Gasteiger charge is 2.14. The lowest BCUT2D eigenvalue weighted by Crippen LogP contribution is -2.15. The Morgan fingerprint density at radius 1 is 1.19 bits per heavy atom. The number of amides is 1.